The van der Waals surface area contributed by atoms with Crippen molar-refractivity contribution in [3.63, 3.8) is 0 Å². The SMILES string of the molecule is CCC(CC)C(=O)Nc1n[nH]c(C)c1C(=O)O. The van der Waals surface area contributed by atoms with Gasteiger partial charge in [0.2, 0.25) is 5.91 Å². The Kier molecular flexibility index (Phi) is 4.25. The van der Waals surface area contributed by atoms with Gasteiger partial charge in [0, 0.05) is 11.6 Å². The smallest absolute Gasteiger partial charge is 0.341 e. The second-order valence-electron chi connectivity index (χ2n) is 3.88. The van der Waals surface area contributed by atoms with E-state index in [1.54, 1.807) is 6.92 Å². The van der Waals surface area contributed by atoms with Crippen molar-refractivity contribution in [1.29, 1.82) is 0 Å². The summed E-state index contributed by atoms with van der Waals surface area (Å²) in [6.45, 7) is 5.44. The molecule has 0 aliphatic heterocycles. The summed E-state index contributed by atoms with van der Waals surface area (Å²) in [5, 5.41) is 17.9. The number of nitrogens with one attached hydrogen (secondary N) is 2. The molecule has 0 radical (unpaired) electrons. The number of carbonyl (C=O) groups is 2. The molecule has 94 valence electrons. The van der Waals surface area contributed by atoms with Gasteiger partial charge in [-0.15, -0.1) is 0 Å². The standard InChI is InChI=1S/C11H17N3O3/c1-4-7(5-2)10(15)12-9-8(11(16)17)6(3)13-14-9/h7H,4-5H2,1-3H3,(H,16,17)(H2,12,13,14,15). The number of carboxylic acids is 1. The predicted octanol–water partition coefficient (Wildman–Crippen LogP) is 1.79. The molecule has 0 aliphatic carbocycles. The molecule has 1 heterocycles. The minimum Gasteiger partial charge on any atom is -0.477 e. The first-order chi connectivity index (χ1) is 8.01. The summed E-state index contributed by atoms with van der Waals surface area (Å²) in [5.74, 6) is -1.32. The third-order valence-corrected chi connectivity index (χ3v) is 2.76. The average molecular weight is 239 g/mol. The summed E-state index contributed by atoms with van der Waals surface area (Å²) in [6.07, 6.45) is 1.43. The molecule has 0 bridgehead atoms. The second kappa shape index (κ2) is 5.47. The van der Waals surface area contributed by atoms with Gasteiger partial charge in [-0.1, -0.05) is 13.8 Å². The summed E-state index contributed by atoms with van der Waals surface area (Å²) >= 11 is 0. The van der Waals surface area contributed by atoms with Crippen LogP contribution >= 0.6 is 0 Å². The fraction of sp³-hybridized carbons (Fsp3) is 0.545. The fourth-order valence-electron chi connectivity index (χ4n) is 1.66. The number of hydrogen-bond acceptors (Lipinski definition) is 3. The lowest BCUT2D eigenvalue weighted by atomic mass is 10.0. The zero-order valence-electron chi connectivity index (χ0n) is 10.2. The van der Waals surface area contributed by atoms with Gasteiger partial charge in [0.05, 0.1) is 0 Å². The van der Waals surface area contributed by atoms with Gasteiger partial charge in [0.25, 0.3) is 0 Å². The number of aromatic carboxylic acids is 1. The number of anilines is 1. The summed E-state index contributed by atoms with van der Waals surface area (Å²) in [7, 11) is 0. The van der Waals surface area contributed by atoms with Crippen molar-refractivity contribution >= 4 is 17.7 Å². The Morgan fingerprint density at radius 3 is 2.47 bits per heavy atom. The lowest BCUT2D eigenvalue weighted by molar-refractivity contribution is -0.120. The molecule has 1 amide bonds. The molecule has 0 aromatic carbocycles. The number of aromatic amines is 1. The highest BCUT2D eigenvalue weighted by Gasteiger charge is 2.21. The average Bonchev–Trinajstić information content (AvgIpc) is 2.61. The van der Waals surface area contributed by atoms with Gasteiger partial charge in [0.15, 0.2) is 5.82 Å². The third-order valence-electron chi connectivity index (χ3n) is 2.76. The van der Waals surface area contributed by atoms with Gasteiger partial charge in [-0.25, -0.2) is 4.79 Å². The van der Waals surface area contributed by atoms with Crippen molar-refractivity contribution < 1.29 is 14.7 Å². The van der Waals surface area contributed by atoms with Crippen molar-refractivity contribution in [1.82, 2.24) is 10.2 Å². The van der Waals surface area contributed by atoms with Crippen LogP contribution in [0.5, 0.6) is 0 Å². The maximum absolute atomic E-state index is 11.8. The zero-order chi connectivity index (χ0) is 13.0. The van der Waals surface area contributed by atoms with Crippen LogP contribution in [0.15, 0.2) is 0 Å². The molecule has 1 aromatic rings. The van der Waals surface area contributed by atoms with E-state index in [0.29, 0.717) is 18.5 Å². The van der Waals surface area contributed by atoms with E-state index in [1.807, 2.05) is 13.8 Å². The van der Waals surface area contributed by atoms with Crippen molar-refractivity contribution in [2.24, 2.45) is 5.92 Å². The van der Waals surface area contributed by atoms with Crippen LogP contribution in [0.3, 0.4) is 0 Å². The van der Waals surface area contributed by atoms with Crippen LogP contribution in [0.2, 0.25) is 0 Å². The van der Waals surface area contributed by atoms with Crippen LogP contribution in [-0.2, 0) is 4.79 Å². The lowest BCUT2D eigenvalue weighted by Gasteiger charge is -2.11. The fourth-order valence-corrected chi connectivity index (χ4v) is 1.66. The Balaban J connectivity index is 2.89. The van der Waals surface area contributed by atoms with Crippen LogP contribution in [0, 0.1) is 12.8 Å². The van der Waals surface area contributed by atoms with Crippen LogP contribution in [-0.4, -0.2) is 27.2 Å². The van der Waals surface area contributed by atoms with Gasteiger partial charge in [0.1, 0.15) is 5.56 Å². The number of rotatable bonds is 5. The number of carbonyl (C=O) groups excluding carboxylic acids is 1. The maximum Gasteiger partial charge on any atom is 0.341 e. The molecule has 0 saturated heterocycles. The highest BCUT2D eigenvalue weighted by molar-refractivity contribution is 6.00. The molecular weight excluding hydrogens is 222 g/mol. The monoisotopic (exact) mass is 239 g/mol. The van der Waals surface area contributed by atoms with E-state index < -0.39 is 5.97 Å². The van der Waals surface area contributed by atoms with Crippen molar-refractivity contribution in [3.05, 3.63) is 11.3 Å². The zero-order valence-corrected chi connectivity index (χ0v) is 10.2. The second-order valence-corrected chi connectivity index (χ2v) is 3.88. The van der Waals surface area contributed by atoms with Gasteiger partial charge in [-0.05, 0) is 19.8 Å². The van der Waals surface area contributed by atoms with Gasteiger partial charge >= 0.3 is 5.97 Å². The van der Waals surface area contributed by atoms with Gasteiger partial charge < -0.3 is 10.4 Å². The van der Waals surface area contributed by atoms with Crippen molar-refractivity contribution in [3.8, 4) is 0 Å². The molecular formula is C11H17N3O3. The van der Waals surface area contributed by atoms with E-state index in [2.05, 4.69) is 15.5 Å². The number of aromatic nitrogens is 2. The molecule has 0 fully saturated rings. The van der Waals surface area contributed by atoms with Crippen molar-refractivity contribution in [2.45, 2.75) is 33.6 Å². The molecule has 1 rings (SSSR count). The van der Waals surface area contributed by atoms with E-state index >= 15 is 0 Å². The Labute approximate surface area is 99.4 Å². The summed E-state index contributed by atoms with van der Waals surface area (Å²) in [6, 6.07) is 0. The molecule has 6 nitrogen and oxygen atoms in total. The van der Waals surface area contributed by atoms with E-state index in [-0.39, 0.29) is 23.2 Å². The number of H-pyrrole nitrogens is 1. The van der Waals surface area contributed by atoms with Gasteiger partial charge in [-0.3, -0.25) is 9.89 Å². The Morgan fingerprint density at radius 1 is 1.41 bits per heavy atom. The topological polar surface area (TPSA) is 95.1 Å². The molecule has 1 aromatic heterocycles. The van der Waals surface area contributed by atoms with Crippen LogP contribution in [0.1, 0.15) is 42.7 Å². The van der Waals surface area contributed by atoms with Crippen LogP contribution in [0.25, 0.3) is 0 Å². The van der Waals surface area contributed by atoms with Crippen molar-refractivity contribution in [2.75, 3.05) is 5.32 Å². The predicted molar refractivity (Wildman–Crippen MR) is 63.0 cm³/mol. The molecule has 0 saturated carbocycles. The number of amides is 1. The van der Waals surface area contributed by atoms with E-state index in [0.717, 1.165) is 0 Å². The molecule has 6 heteroatoms. The first-order valence-electron chi connectivity index (χ1n) is 5.60. The summed E-state index contributed by atoms with van der Waals surface area (Å²) in [4.78, 5) is 22.8. The van der Waals surface area contributed by atoms with Crippen LogP contribution in [0.4, 0.5) is 5.82 Å². The quantitative estimate of drug-likeness (QED) is 0.730. The minimum absolute atomic E-state index is 0.0179. The summed E-state index contributed by atoms with van der Waals surface area (Å²) < 4.78 is 0. The highest BCUT2D eigenvalue weighted by atomic mass is 16.4. The lowest BCUT2D eigenvalue weighted by Crippen LogP contribution is -2.23. The Morgan fingerprint density at radius 2 is 2.00 bits per heavy atom. The maximum atomic E-state index is 11.8. The summed E-state index contributed by atoms with van der Waals surface area (Å²) in [5.41, 5.74) is 0.446. The highest BCUT2D eigenvalue weighted by Crippen LogP contribution is 2.18. The number of hydrogen-bond donors (Lipinski definition) is 3. The minimum atomic E-state index is -1.10. The molecule has 0 spiro atoms. The molecule has 17 heavy (non-hydrogen) atoms. The normalized spacial score (nSPS) is 10.6. The molecule has 3 N–H and O–H groups in total. The van der Waals surface area contributed by atoms with E-state index in [1.165, 1.54) is 0 Å². The molecule has 0 unspecified atom stereocenters. The van der Waals surface area contributed by atoms with Gasteiger partial charge in [-0.2, -0.15) is 5.10 Å². The first kappa shape index (κ1) is 13.2. The first-order valence-corrected chi connectivity index (χ1v) is 5.60. The number of aryl methyl sites for hydroxylation is 1. The number of nitrogens with zero attached hydrogens (tertiary/aromatic N) is 1. The van der Waals surface area contributed by atoms with E-state index in [9.17, 15) is 9.59 Å². The Bertz CT molecular complexity index is 422. The Hall–Kier alpha value is -1.85. The largest absolute Gasteiger partial charge is 0.477 e. The van der Waals surface area contributed by atoms with Crippen LogP contribution < -0.4 is 5.32 Å². The molecule has 0 atom stereocenters. The molecule has 0 aliphatic rings. The van der Waals surface area contributed by atoms with E-state index in [4.69, 9.17) is 5.11 Å². The third kappa shape index (κ3) is 2.83. The number of carboxylic acid groups (broad SMARTS) is 1.